The van der Waals surface area contributed by atoms with Crippen LogP contribution in [0.15, 0.2) is 24.4 Å². The maximum atomic E-state index is 4.97. The first-order valence-electron chi connectivity index (χ1n) is 9.83. The summed E-state index contributed by atoms with van der Waals surface area (Å²) >= 11 is 0. The first kappa shape index (κ1) is 16.7. The molecule has 3 nitrogen and oxygen atoms in total. The van der Waals surface area contributed by atoms with Gasteiger partial charge in [-0.25, -0.2) is 9.97 Å². The molecule has 1 aromatic carbocycles. The van der Waals surface area contributed by atoms with E-state index in [1.807, 2.05) is 0 Å². The highest BCUT2D eigenvalue weighted by Crippen LogP contribution is 2.31. The fourth-order valence-corrected chi connectivity index (χ4v) is 4.31. The van der Waals surface area contributed by atoms with Gasteiger partial charge < -0.3 is 0 Å². The predicted octanol–water partition coefficient (Wildman–Crippen LogP) is 4.70. The summed E-state index contributed by atoms with van der Waals surface area (Å²) in [7, 11) is 0. The quantitative estimate of drug-likeness (QED) is 0.814. The van der Waals surface area contributed by atoms with Crippen molar-refractivity contribution in [3.8, 4) is 0 Å². The van der Waals surface area contributed by atoms with Crippen molar-refractivity contribution >= 4 is 0 Å². The van der Waals surface area contributed by atoms with E-state index in [2.05, 4.69) is 43.1 Å². The van der Waals surface area contributed by atoms with Gasteiger partial charge in [-0.05, 0) is 43.4 Å². The van der Waals surface area contributed by atoms with E-state index < -0.39 is 0 Å². The van der Waals surface area contributed by atoms with Crippen molar-refractivity contribution in [3.05, 3.63) is 58.2 Å². The molecule has 2 aromatic rings. The second-order valence-corrected chi connectivity index (χ2v) is 7.85. The van der Waals surface area contributed by atoms with Crippen LogP contribution in [0.2, 0.25) is 0 Å². The summed E-state index contributed by atoms with van der Waals surface area (Å²) in [5.74, 6) is 1.72. The molecule has 0 radical (unpaired) electrons. The van der Waals surface area contributed by atoms with Crippen LogP contribution in [-0.2, 0) is 19.5 Å². The largest absolute Gasteiger partial charge is 0.294 e. The zero-order chi connectivity index (χ0) is 17.2. The molecule has 4 rings (SSSR count). The molecular weight excluding hydrogens is 306 g/mol. The molecule has 0 amide bonds. The summed E-state index contributed by atoms with van der Waals surface area (Å²) in [6.45, 7) is 7.54. The molecule has 2 aliphatic rings. The third-order valence-corrected chi connectivity index (χ3v) is 6.11. The summed E-state index contributed by atoms with van der Waals surface area (Å²) in [5, 5.41) is 0. The molecular formula is C22H29N3. The highest BCUT2D eigenvalue weighted by Gasteiger charge is 2.23. The maximum Gasteiger partial charge on any atom is 0.131 e. The monoisotopic (exact) mass is 335 g/mol. The standard InChI is InChI=1S/C22H29N3/c1-16-7-6-10-19(17(16)2)14-25-12-11-21-20(15-25)13-23-22(24-21)18-8-4-3-5-9-18/h6-7,10,13,18H,3-5,8-9,11-12,14-15H2,1-2H3. The number of nitrogens with zero attached hydrogens (tertiary/aromatic N) is 3. The molecule has 1 aromatic heterocycles. The Balaban J connectivity index is 1.47. The summed E-state index contributed by atoms with van der Waals surface area (Å²) in [5.41, 5.74) is 6.89. The second-order valence-electron chi connectivity index (χ2n) is 7.85. The summed E-state index contributed by atoms with van der Waals surface area (Å²) in [6, 6.07) is 6.64. The molecule has 0 spiro atoms. The normalized spacial score (nSPS) is 19.0. The molecule has 132 valence electrons. The van der Waals surface area contributed by atoms with Gasteiger partial charge in [0, 0.05) is 49.4 Å². The third kappa shape index (κ3) is 3.62. The van der Waals surface area contributed by atoms with Gasteiger partial charge in [-0.15, -0.1) is 0 Å². The number of benzene rings is 1. The minimum atomic E-state index is 0.604. The van der Waals surface area contributed by atoms with Gasteiger partial charge in [0.05, 0.1) is 0 Å². The van der Waals surface area contributed by atoms with E-state index in [0.717, 1.165) is 31.9 Å². The van der Waals surface area contributed by atoms with Crippen LogP contribution < -0.4 is 0 Å². The zero-order valence-corrected chi connectivity index (χ0v) is 15.6. The molecule has 0 N–H and O–H groups in total. The summed E-state index contributed by atoms with van der Waals surface area (Å²) in [4.78, 5) is 12.3. The predicted molar refractivity (Wildman–Crippen MR) is 102 cm³/mol. The van der Waals surface area contributed by atoms with Crippen LogP contribution in [0.5, 0.6) is 0 Å². The van der Waals surface area contributed by atoms with Crippen molar-refractivity contribution in [2.75, 3.05) is 6.54 Å². The van der Waals surface area contributed by atoms with Gasteiger partial charge in [-0.1, -0.05) is 37.5 Å². The Morgan fingerprint density at radius 1 is 1.12 bits per heavy atom. The van der Waals surface area contributed by atoms with Crippen molar-refractivity contribution in [2.24, 2.45) is 0 Å². The van der Waals surface area contributed by atoms with Gasteiger partial charge in [-0.2, -0.15) is 0 Å². The number of aromatic nitrogens is 2. The van der Waals surface area contributed by atoms with Crippen LogP contribution in [0.25, 0.3) is 0 Å². The van der Waals surface area contributed by atoms with Gasteiger partial charge in [0.25, 0.3) is 0 Å². The summed E-state index contributed by atoms with van der Waals surface area (Å²) < 4.78 is 0. The van der Waals surface area contributed by atoms with Crippen molar-refractivity contribution in [2.45, 2.75) is 71.4 Å². The highest BCUT2D eigenvalue weighted by atomic mass is 15.1. The lowest BCUT2D eigenvalue weighted by atomic mass is 9.88. The number of hydrogen-bond donors (Lipinski definition) is 0. The number of aryl methyl sites for hydroxylation is 1. The van der Waals surface area contributed by atoms with Crippen LogP contribution >= 0.6 is 0 Å². The highest BCUT2D eigenvalue weighted by molar-refractivity contribution is 5.33. The molecule has 0 unspecified atom stereocenters. The van der Waals surface area contributed by atoms with Crippen molar-refractivity contribution in [1.29, 1.82) is 0 Å². The minimum absolute atomic E-state index is 0.604. The molecule has 1 aliphatic heterocycles. The Morgan fingerprint density at radius 3 is 2.80 bits per heavy atom. The smallest absolute Gasteiger partial charge is 0.131 e. The molecule has 0 atom stereocenters. The van der Waals surface area contributed by atoms with Gasteiger partial charge in [-0.3, -0.25) is 4.90 Å². The van der Waals surface area contributed by atoms with E-state index in [9.17, 15) is 0 Å². The Kier molecular flexibility index (Phi) is 4.85. The van der Waals surface area contributed by atoms with Crippen LogP contribution in [0.4, 0.5) is 0 Å². The Hall–Kier alpha value is -1.74. The Bertz CT molecular complexity index is 747. The van der Waals surface area contributed by atoms with Gasteiger partial charge >= 0.3 is 0 Å². The van der Waals surface area contributed by atoms with E-state index in [1.165, 1.54) is 60.1 Å². The molecule has 1 aliphatic carbocycles. The average Bonchev–Trinajstić information content (AvgIpc) is 2.66. The minimum Gasteiger partial charge on any atom is -0.294 e. The SMILES string of the molecule is Cc1cccc(CN2CCc3nc(C4CCCCC4)ncc3C2)c1C. The van der Waals surface area contributed by atoms with Gasteiger partial charge in [0.2, 0.25) is 0 Å². The molecule has 25 heavy (non-hydrogen) atoms. The fraction of sp³-hybridized carbons (Fsp3) is 0.545. The Labute approximate surface area is 151 Å². The number of fused-ring (bicyclic) bond motifs is 1. The first-order chi connectivity index (χ1) is 12.2. The maximum absolute atomic E-state index is 4.97. The average molecular weight is 335 g/mol. The third-order valence-electron chi connectivity index (χ3n) is 6.11. The topological polar surface area (TPSA) is 29.0 Å². The van der Waals surface area contributed by atoms with Gasteiger partial charge in [0.1, 0.15) is 5.82 Å². The van der Waals surface area contributed by atoms with Gasteiger partial charge in [0.15, 0.2) is 0 Å². The molecule has 3 heteroatoms. The molecule has 1 saturated carbocycles. The zero-order valence-electron chi connectivity index (χ0n) is 15.6. The van der Waals surface area contributed by atoms with Crippen molar-refractivity contribution in [3.63, 3.8) is 0 Å². The molecule has 0 saturated heterocycles. The van der Waals surface area contributed by atoms with Crippen molar-refractivity contribution in [1.82, 2.24) is 14.9 Å². The molecule has 1 fully saturated rings. The molecule has 0 bridgehead atoms. The van der Waals surface area contributed by atoms with Crippen molar-refractivity contribution < 1.29 is 0 Å². The van der Waals surface area contributed by atoms with Crippen LogP contribution in [0, 0.1) is 13.8 Å². The van der Waals surface area contributed by atoms with E-state index >= 15 is 0 Å². The van der Waals surface area contributed by atoms with Crippen LogP contribution in [-0.4, -0.2) is 21.4 Å². The number of rotatable bonds is 3. The van der Waals surface area contributed by atoms with E-state index in [1.54, 1.807) is 0 Å². The van der Waals surface area contributed by atoms with Crippen LogP contribution in [0.3, 0.4) is 0 Å². The van der Waals surface area contributed by atoms with E-state index in [0.29, 0.717) is 5.92 Å². The molecule has 2 heterocycles. The first-order valence-corrected chi connectivity index (χ1v) is 9.83. The fourth-order valence-electron chi connectivity index (χ4n) is 4.31. The lowest BCUT2D eigenvalue weighted by Gasteiger charge is -2.29. The lowest BCUT2D eigenvalue weighted by molar-refractivity contribution is 0.241. The lowest BCUT2D eigenvalue weighted by Crippen LogP contribution is -2.31. The van der Waals surface area contributed by atoms with E-state index in [-0.39, 0.29) is 0 Å². The van der Waals surface area contributed by atoms with E-state index in [4.69, 9.17) is 9.97 Å². The summed E-state index contributed by atoms with van der Waals surface area (Å²) in [6.07, 6.45) is 9.79. The number of hydrogen-bond acceptors (Lipinski definition) is 3. The Morgan fingerprint density at radius 2 is 1.96 bits per heavy atom. The van der Waals surface area contributed by atoms with Crippen LogP contribution in [0.1, 0.15) is 71.8 Å². The second kappa shape index (κ2) is 7.25.